The summed E-state index contributed by atoms with van der Waals surface area (Å²) in [7, 11) is 0. The number of hydrogen-bond donors (Lipinski definition) is 1. The van der Waals surface area contributed by atoms with Gasteiger partial charge in [0.25, 0.3) is 0 Å². The van der Waals surface area contributed by atoms with E-state index in [-0.39, 0.29) is 6.04 Å². The molecule has 0 aliphatic heterocycles. The first-order valence-electron chi connectivity index (χ1n) is 6.14. The third-order valence-electron chi connectivity index (χ3n) is 2.73. The summed E-state index contributed by atoms with van der Waals surface area (Å²) in [5, 5.41) is 4.00. The van der Waals surface area contributed by atoms with Crippen molar-refractivity contribution in [1.29, 1.82) is 0 Å². The smallest absolute Gasteiger partial charge is 0.243 e. The molecule has 19 heavy (non-hydrogen) atoms. The van der Waals surface area contributed by atoms with Crippen molar-refractivity contribution < 1.29 is 4.52 Å². The van der Waals surface area contributed by atoms with Crippen LogP contribution in [0.25, 0.3) is 11.4 Å². The Labute approximate surface area is 117 Å². The first kappa shape index (κ1) is 14.0. The average molecular weight is 278 g/mol. The Balaban J connectivity index is 2.20. The van der Waals surface area contributed by atoms with Crippen LogP contribution in [0, 0.1) is 13.8 Å². The van der Waals surface area contributed by atoms with E-state index in [0.29, 0.717) is 11.7 Å². The molecule has 0 fully saturated rings. The lowest BCUT2D eigenvalue weighted by Crippen LogP contribution is -2.11. The Morgan fingerprint density at radius 2 is 1.95 bits per heavy atom. The highest BCUT2D eigenvalue weighted by atomic mass is 32.2. The number of hydrogen-bond acceptors (Lipinski definition) is 6. The molecule has 1 atom stereocenters. The number of aryl methyl sites for hydroxylation is 2. The molecule has 2 aromatic rings. The van der Waals surface area contributed by atoms with Crippen molar-refractivity contribution in [2.24, 2.45) is 5.73 Å². The van der Waals surface area contributed by atoms with E-state index in [1.54, 1.807) is 11.8 Å². The minimum absolute atomic E-state index is 0.197. The van der Waals surface area contributed by atoms with E-state index in [1.807, 2.05) is 26.0 Å². The predicted molar refractivity (Wildman–Crippen MR) is 76.9 cm³/mol. The van der Waals surface area contributed by atoms with Crippen LogP contribution in [0.4, 0.5) is 0 Å². The van der Waals surface area contributed by atoms with Gasteiger partial charge < -0.3 is 10.3 Å². The van der Waals surface area contributed by atoms with Crippen LogP contribution in [-0.4, -0.2) is 27.1 Å². The maximum atomic E-state index is 6.01. The van der Waals surface area contributed by atoms with E-state index in [0.717, 1.165) is 29.1 Å². The van der Waals surface area contributed by atoms with E-state index < -0.39 is 0 Å². The van der Waals surface area contributed by atoms with Gasteiger partial charge in [-0.25, -0.2) is 0 Å². The van der Waals surface area contributed by atoms with Gasteiger partial charge in [0.15, 0.2) is 0 Å². The van der Waals surface area contributed by atoms with Crippen molar-refractivity contribution in [3.05, 3.63) is 29.4 Å². The maximum absolute atomic E-state index is 6.01. The fourth-order valence-electron chi connectivity index (χ4n) is 1.83. The van der Waals surface area contributed by atoms with Crippen molar-refractivity contribution in [1.82, 2.24) is 15.1 Å². The van der Waals surface area contributed by atoms with Crippen LogP contribution < -0.4 is 5.73 Å². The summed E-state index contributed by atoms with van der Waals surface area (Å²) >= 11 is 1.75. The quantitative estimate of drug-likeness (QED) is 0.905. The monoisotopic (exact) mass is 278 g/mol. The molecule has 2 heterocycles. The molecule has 5 nitrogen and oxygen atoms in total. The summed E-state index contributed by atoms with van der Waals surface area (Å²) in [6.45, 7) is 3.89. The molecule has 0 saturated heterocycles. The minimum atomic E-state index is -0.197. The van der Waals surface area contributed by atoms with Crippen LogP contribution in [0.3, 0.4) is 0 Å². The molecule has 0 amide bonds. The topological polar surface area (TPSA) is 77.8 Å². The lowest BCUT2D eigenvalue weighted by Gasteiger charge is -2.03. The molecule has 0 aliphatic carbocycles. The zero-order valence-corrected chi connectivity index (χ0v) is 12.2. The van der Waals surface area contributed by atoms with Gasteiger partial charge in [0.1, 0.15) is 0 Å². The summed E-state index contributed by atoms with van der Waals surface area (Å²) in [6.07, 6.45) is 2.88. The average Bonchev–Trinajstić information content (AvgIpc) is 2.84. The highest BCUT2D eigenvalue weighted by Crippen LogP contribution is 2.21. The van der Waals surface area contributed by atoms with Crippen molar-refractivity contribution in [2.45, 2.75) is 26.3 Å². The third-order valence-corrected chi connectivity index (χ3v) is 3.38. The lowest BCUT2D eigenvalue weighted by atomic mass is 10.2. The summed E-state index contributed by atoms with van der Waals surface area (Å²) in [4.78, 5) is 8.70. The van der Waals surface area contributed by atoms with E-state index in [2.05, 4.69) is 21.4 Å². The standard InChI is InChI=1S/C13H18N4OS/c1-8-6-10(7-9(2)15-8)12-16-13(18-17-12)11(14)4-5-19-3/h6-7,11H,4-5,14H2,1-3H3/t11-/m0/s1. The molecule has 0 bridgehead atoms. The molecule has 0 spiro atoms. The van der Waals surface area contributed by atoms with E-state index in [9.17, 15) is 0 Å². The maximum Gasteiger partial charge on any atom is 0.243 e. The summed E-state index contributed by atoms with van der Waals surface area (Å²) in [6, 6.07) is 3.68. The van der Waals surface area contributed by atoms with Crippen LogP contribution in [0.2, 0.25) is 0 Å². The van der Waals surface area contributed by atoms with Gasteiger partial charge in [-0.2, -0.15) is 16.7 Å². The fourth-order valence-corrected chi connectivity index (χ4v) is 2.32. The van der Waals surface area contributed by atoms with Gasteiger partial charge in [0, 0.05) is 17.0 Å². The van der Waals surface area contributed by atoms with Crippen LogP contribution in [0.15, 0.2) is 16.7 Å². The first-order valence-corrected chi connectivity index (χ1v) is 7.53. The highest BCUT2D eigenvalue weighted by Gasteiger charge is 2.15. The van der Waals surface area contributed by atoms with Gasteiger partial charge in [0.2, 0.25) is 11.7 Å². The van der Waals surface area contributed by atoms with Gasteiger partial charge in [-0.3, -0.25) is 4.98 Å². The van der Waals surface area contributed by atoms with Crippen LogP contribution >= 0.6 is 11.8 Å². The highest BCUT2D eigenvalue weighted by molar-refractivity contribution is 7.98. The van der Waals surface area contributed by atoms with E-state index in [4.69, 9.17) is 10.3 Å². The van der Waals surface area contributed by atoms with Crippen LogP contribution in [0.5, 0.6) is 0 Å². The Kier molecular flexibility index (Phi) is 4.55. The molecule has 0 radical (unpaired) electrons. The molecule has 0 saturated carbocycles. The second kappa shape index (κ2) is 6.16. The van der Waals surface area contributed by atoms with E-state index >= 15 is 0 Å². The first-order chi connectivity index (χ1) is 9.10. The second-order valence-electron chi connectivity index (χ2n) is 4.48. The Bertz CT molecular complexity index is 535. The zero-order chi connectivity index (χ0) is 13.8. The minimum Gasteiger partial charge on any atom is -0.337 e. The lowest BCUT2D eigenvalue weighted by molar-refractivity contribution is 0.353. The number of rotatable bonds is 5. The number of aromatic nitrogens is 3. The van der Waals surface area contributed by atoms with Gasteiger partial charge in [0.05, 0.1) is 6.04 Å². The number of nitrogens with zero attached hydrogens (tertiary/aromatic N) is 3. The summed E-state index contributed by atoms with van der Waals surface area (Å²) in [5.74, 6) is 2.05. The Morgan fingerprint density at radius 1 is 1.26 bits per heavy atom. The van der Waals surface area contributed by atoms with Gasteiger partial charge in [-0.05, 0) is 44.4 Å². The largest absolute Gasteiger partial charge is 0.337 e. The molecule has 0 aromatic carbocycles. The van der Waals surface area contributed by atoms with Crippen LogP contribution in [-0.2, 0) is 0 Å². The molecular formula is C13H18N4OS. The second-order valence-corrected chi connectivity index (χ2v) is 5.47. The van der Waals surface area contributed by atoms with Crippen molar-refractivity contribution in [3.8, 4) is 11.4 Å². The fraction of sp³-hybridized carbons (Fsp3) is 0.462. The molecule has 6 heteroatoms. The molecule has 2 aromatic heterocycles. The Hall–Kier alpha value is -1.40. The predicted octanol–water partition coefficient (Wildman–Crippen LogP) is 2.50. The number of thioether (sulfide) groups is 1. The van der Waals surface area contributed by atoms with Crippen molar-refractivity contribution >= 4 is 11.8 Å². The zero-order valence-electron chi connectivity index (χ0n) is 11.4. The molecule has 0 unspecified atom stereocenters. The molecule has 102 valence electrons. The van der Waals surface area contributed by atoms with Crippen LogP contribution in [0.1, 0.15) is 29.7 Å². The molecular weight excluding hydrogens is 260 g/mol. The van der Waals surface area contributed by atoms with Crippen molar-refractivity contribution in [3.63, 3.8) is 0 Å². The van der Waals surface area contributed by atoms with Gasteiger partial charge in [-0.1, -0.05) is 5.16 Å². The summed E-state index contributed by atoms with van der Waals surface area (Å²) in [5.41, 5.74) is 8.80. The number of pyridine rings is 1. The number of nitrogens with two attached hydrogens (primary N) is 1. The van der Waals surface area contributed by atoms with Gasteiger partial charge >= 0.3 is 0 Å². The Morgan fingerprint density at radius 3 is 2.58 bits per heavy atom. The SMILES string of the molecule is CSCC[C@H](N)c1nc(-c2cc(C)nc(C)c2)no1. The van der Waals surface area contributed by atoms with E-state index in [1.165, 1.54) is 0 Å². The normalized spacial score (nSPS) is 12.6. The summed E-state index contributed by atoms with van der Waals surface area (Å²) < 4.78 is 5.24. The van der Waals surface area contributed by atoms with Crippen molar-refractivity contribution in [2.75, 3.05) is 12.0 Å². The molecule has 2 rings (SSSR count). The molecule has 2 N–H and O–H groups in total. The third kappa shape index (κ3) is 3.54. The molecule has 0 aliphatic rings. The van der Waals surface area contributed by atoms with Gasteiger partial charge in [-0.15, -0.1) is 0 Å².